The molecule has 2 aromatic rings. The van der Waals surface area contributed by atoms with E-state index < -0.39 is 6.04 Å². The van der Waals surface area contributed by atoms with Gasteiger partial charge in [0.15, 0.2) is 11.5 Å². The van der Waals surface area contributed by atoms with Gasteiger partial charge in [-0.15, -0.1) is 0 Å². The van der Waals surface area contributed by atoms with E-state index in [1.807, 2.05) is 47.4 Å². The molecule has 4 rings (SSSR count). The van der Waals surface area contributed by atoms with Gasteiger partial charge in [0.2, 0.25) is 5.91 Å². The second-order valence-corrected chi connectivity index (χ2v) is 8.28. The van der Waals surface area contributed by atoms with Gasteiger partial charge in [-0.05, 0) is 36.1 Å². The monoisotopic (exact) mass is 422 g/mol. The van der Waals surface area contributed by atoms with Crippen LogP contribution in [-0.4, -0.2) is 48.4 Å². The Labute approximate surface area is 183 Å². The van der Waals surface area contributed by atoms with Crippen LogP contribution in [-0.2, 0) is 16.1 Å². The fraction of sp³-hybridized carbons (Fsp3) is 0.440. The number of carbonyl (C=O) groups excluding carboxylic acids is 2. The molecule has 31 heavy (non-hydrogen) atoms. The Morgan fingerprint density at radius 1 is 0.903 bits per heavy atom. The van der Waals surface area contributed by atoms with Crippen LogP contribution in [0.5, 0.6) is 11.5 Å². The highest BCUT2D eigenvalue weighted by Crippen LogP contribution is 2.37. The third-order valence-corrected chi connectivity index (χ3v) is 6.39. The third-order valence-electron chi connectivity index (χ3n) is 6.39. The number of benzene rings is 2. The summed E-state index contributed by atoms with van der Waals surface area (Å²) >= 11 is 0. The van der Waals surface area contributed by atoms with Crippen LogP contribution in [0.4, 0.5) is 0 Å². The largest absolute Gasteiger partial charge is 0.493 e. The van der Waals surface area contributed by atoms with Crippen molar-refractivity contribution in [1.82, 2.24) is 9.80 Å². The molecule has 2 fully saturated rings. The number of methoxy groups -OCH3 is 2. The van der Waals surface area contributed by atoms with Gasteiger partial charge in [-0.2, -0.15) is 0 Å². The van der Waals surface area contributed by atoms with Crippen LogP contribution < -0.4 is 9.47 Å². The molecule has 0 radical (unpaired) electrons. The van der Waals surface area contributed by atoms with Crippen molar-refractivity contribution in [3.63, 3.8) is 0 Å². The molecule has 2 amide bonds. The number of piperazine rings is 1. The van der Waals surface area contributed by atoms with Crippen molar-refractivity contribution in [2.24, 2.45) is 0 Å². The third kappa shape index (κ3) is 4.38. The standard InChI is InChI=1S/C25H30N2O4/c1-30-21-14-13-19(15-22(21)31-2)24-25(29)26(20-11-7-4-8-12-20)17-23(28)27(24)16-18-9-5-3-6-10-18/h3,5-6,9-10,13-15,20,24H,4,7-8,11-12,16-17H2,1-2H3. The Morgan fingerprint density at radius 3 is 2.29 bits per heavy atom. The summed E-state index contributed by atoms with van der Waals surface area (Å²) < 4.78 is 10.8. The molecule has 1 unspecified atom stereocenters. The van der Waals surface area contributed by atoms with E-state index in [-0.39, 0.29) is 24.4 Å². The molecule has 0 bridgehead atoms. The molecular weight excluding hydrogens is 392 g/mol. The summed E-state index contributed by atoms with van der Waals surface area (Å²) in [5.74, 6) is 1.12. The number of carbonyl (C=O) groups is 2. The summed E-state index contributed by atoms with van der Waals surface area (Å²) in [6, 6.07) is 14.8. The Kier molecular flexibility index (Phi) is 6.44. The van der Waals surface area contributed by atoms with E-state index in [1.165, 1.54) is 6.42 Å². The molecule has 1 aliphatic carbocycles. The minimum absolute atomic E-state index is 0.00495. The summed E-state index contributed by atoms with van der Waals surface area (Å²) in [4.78, 5) is 30.7. The Hall–Kier alpha value is -3.02. The first-order valence-corrected chi connectivity index (χ1v) is 11.0. The van der Waals surface area contributed by atoms with E-state index in [0.717, 1.165) is 36.8 Å². The Morgan fingerprint density at radius 2 is 1.61 bits per heavy atom. The van der Waals surface area contributed by atoms with Gasteiger partial charge in [-0.3, -0.25) is 9.59 Å². The van der Waals surface area contributed by atoms with Crippen LogP contribution in [0, 0.1) is 0 Å². The molecule has 0 aromatic heterocycles. The van der Waals surface area contributed by atoms with Gasteiger partial charge in [0, 0.05) is 12.6 Å². The molecule has 2 aromatic carbocycles. The van der Waals surface area contributed by atoms with Crippen LogP contribution in [0.2, 0.25) is 0 Å². The summed E-state index contributed by atoms with van der Waals surface area (Å²) in [5, 5.41) is 0. The molecule has 0 spiro atoms. The van der Waals surface area contributed by atoms with Crippen molar-refractivity contribution in [2.75, 3.05) is 20.8 Å². The zero-order chi connectivity index (χ0) is 21.8. The molecule has 1 saturated heterocycles. The van der Waals surface area contributed by atoms with Crippen molar-refractivity contribution < 1.29 is 19.1 Å². The van der Waals surface area contributed by atoms with Crippen LogP contribution in [0.1, 0.15) is 49.3 Å². The second-order valence-electron chi connectivity index (χ2n) is 8.28. The van der Waals surface area contributed by atoms with E-state index in [9.17, 15) is 9.59 Å². The lowest BCUT2D eigenvalue weighted by atomic mass is 9.91. The number of hydrogen-bond donors (Lipinski definition) is 0. The molecule has 1 aliphatic heterocycles. The normalized spacial score (nSPS) is 20.1. The molecule has 164 valence electrons. The smallest absolute Gasteiger partial charge is 0.250 e. The zero-order valence-electron chi connectivity index (χ0n) is 18.3. The SMILES string of the molecule is COc1ccc(C2C(=O)N(C3CCCCC3)CC(=O)N2Cc2ccccc2)cc1OC. The van der Waals surface area contributed by atoms with Gasteiger partial charge in [-0.25, -0.2) is 0 Å². The van der Waals surface area contributed by atoms with E-state index in [4.69, 9.17) is 9.47 Å². The summed E-state index contributed by atoms with van der Waals surface area (Å²) in [5.41, 5.74) is 1.74. The topological polar surface area (TPSA) is 59.1 Å². The molecule has 1 atom stereocenters. The fourth-order valence-electron chi connectivity index (χ4n) is 4.76. The van der Waals surface area contributed by atoms with Gasteiger partial charge in [0.05, 0.1) is 14.2 Å². The first-order valence-electron chi connectivity index (χ1n) is 11.0. The van der Waals surface area contributed by atoms with E-state index in [2.05, 4.69) is 0 Å². The molecule has 1 saturated carbocycles. The average molecular weight is 423 g/mol. The number of nitrogens with zero attached hydrogens (tertiary/aromatic N) is 2. The average Bonchev–Trinajstić information content (AvgIpc) is 2.82. The Bertz CT molecular complexity index is 924. The van der Waals surface area contributed by atoms with Crippen molar-refractivity contribution >= 4 is 11.8 Å². The maximum absolute atomic E-state index is 13.8. The summed E-state index contributed by atoms with van der Waals surface area (Å²) in [6.45, 7) is 0.545. The highest BCUT2D eigenvalue weighted by Gasteiger charge is 2.43. The summed E-state index contributed by atoms with van der Waals surface area (Å²) in [7, 11) is 3.16. The summed E-state index contributed by atoms with van der Waals surface area (Å²) in [6.07, 6.45) is 5.35. The minimum atomic E-state index is -0.678. The van der Waals surface area contributed by atoms with Gasteiger partial charge in [-0.1, -0.05) is 55.7 Å². The van der Waals surface area contributed by atoms with E-state index in [0.29, 0.717) is 18.0 Å². The van der Waals surface area contributed by atoms with Crippen molar-refractivity contribution in [3.05, 3.63) is 59.7 Å². The van der Waals surface area contributed by atoms with Gasteiger partial charge in [0.25, 0.3) is 5.91 Å². The van der Waals surface area contributed by atoms with Crippen LogP contribution >= 0.6 is 0 Å². The molecule has 1 heterocycles. The predicted octanol–water partition coefficient (Wildman–Crippen LogP) is 3.95. The lowest BCUT2D eigenvalue weighted by Gasteiger charge is -2.44. The minimum Gasteiger partial charge on any atom is -0.493 e. The molecule has 6 nitrogen and oxygen atoms in total. The molecular formula is C25H30N2O4. The number of ether oxygens (including phenoxy) is 2. The Balaban J connectivity index is 1.71. The lowest BCUT2D eigenvalue weighted by Crippen LogP contribution is -2.58. The van der Waals surface area contributed by atoms with Gasteiger partial charge >= 0.3 is 0 Å². The highest BCUT2D eigenvalue weighted by atomic mass is 16.5. The maximum Gasteiger partial charge on any atom is 0.250 e. The molecule has 0 N–H and O–H groups in total. The zero-order valence-corrected chi connectivity index (χ0v) is 18.3. The van der Waals surface area contributed by atoms with Crippen molar-refractivity contribution in [3.8, 4) is 11.5 Å². The fourth-order valence-corrected chi connectivity index (χ4v) is 4.76. The molecule has 6 heteroatoms. The first-order chi connectivity index (χ1) is 15.1. The number of rotatable bonds is 6. The molecule has 2 aliphatic rings. The number of amides is 2. The van der Waals surface area contributed by atoms with Crippen LogP contribution in [0.15, 0.2) is 48.5 Å². The van der Waals surface area contributed by atoms with Gasteiger partial charge in [0.1, 0.15) is 12.6 Å². The van der Waals surface area contributed by atoms with Crippen LogP contribution in [0.3, 0.4) is 0 Å². The first kappa shape index (κ1) is 21.2. The van der Waals surface area contributed by atoms with E-state index in [1.54, 1.807) is 25.2 Å². The van der Waals surface area contributed by atoms with E-state index >= 15 is 0 Å². The van der Waals surface area contributed by atoms with Crippen LogP contribution in [0.25, 0.3) is 0 Å². The number of hydrogen-bond acceptors (Lipinski definition) is 4. The second kappa shape index (κ2) is 9.41. The maximum atomic E-state index is 13.8. The lowest BCUT2D eigenvalue weighted by molar-refractivity contribution is -0.160. The van der Waals surface area contributed by atoms with Crippen molar-refractivity contribution in [1.29, 1.82) is 0 Å². The predicted molar refractivity (Wildman–Crippen MR) is 118 cm³/mol. The quantitative estimate of drug-likeness (QED) is 0.707. The van der Waals surface area contributed by atoms with Gasteiger partial charge < -0.3 is 19.3 Å². The van der Waals surface area contributed by atoms with Crippen molar-refractivity contribution in [2.45, 2.75) is 50.7 Å². The highest BCUT2D eigenvalue weighted by molar-refractivity contribution is 5.96.